The summed E-state index contributed by atoms with van der Waals surface area (Å²) in [6.45, 7) is 1.87. The van der Waals surface area contributed by atoms with E-state index in [4.69, 9.17) is 17.3 Å². The molecule has 0 aliphatic heterocycles. The molecular weight excluding hydrogens is 300 g/mol. The highest BCUT2D eigenvalue weighted by Crippen LogP contribution is 2.38. The van der Waals surface area contributed by atoms with E-state index in [0.717, 1.165) is 11.1 Å². The van der Waals surface area contributed by atoms with Crippen LogP contribution in [0.3, 0.4) is 0 Å². The number of nitrogens with two attached hydrogens (primary N) is 1. The maximum atomic E-state index is 12.2. The molecule has 0 fully saturated rings. The lowest BCUT2D eigenvalue weighted by atomic mass is 9.73. The molecule has 2 rings (SSSR count). The maximum Gasteiger partial charge on any atom is 0.318 e. The standard InChI is InChI=1S/C17H17ClN2O2/c1-17(12-8-4-2-5-9-12,13-10-6-3-7-11-13)14(18)15(21)20-16(19)22/h2-11,14H,1H3,(H3,19,20,21,22). The highest BCUT2D eigenvalue weighted by atomic mass is 35.5. The van der Waals surface area contributed by atoms with Gasteiger partial charge in [0.05, 0.1) is 0 Å². The molecular formula is C17H17ClN2O2. The van der Waals surface area contributed by atoms with Crippen LogP contribution in [0.25, 0.3) is 0 Å². The number of hydrogen-bond acceptors (Lipinski definition) is 2. The summed E-state index contributed by atoms with van der Waals surface area (Å²) >= 11 is 6.43. The number of hydrogen-bond donors (Lipinski definition) is 2. The summed E-state index contributed by atoms with van der Waals surface area (Å²) in [6, 6.07) is 18.0. The molecule has 0 aliphatic carbocycles. The summed E-state index contributed by atoms with van der Waals surface area (Å²) in [7, 11) is 0. The van der Waals surface area contributed by atoms with Crippen molar-refractivity contribution < 1.29 is 9.59 Å². The number of imide groups is 1. The van der Waals surface area contributed by atoms with E-state index >= 15 is 0 Å². The molecule has 0 radical (unpaired) electrons. The van der Waals surface area contributed by atoms with Gasteiger partial charge in [0, 0.05) is 5.41 Å². The molecule has 114 valence electrons. The Hall–Kier alpha value is -2.33. The van der Waals surface area contributed by atoms with Crippen LogP contribution < -0.4 is 11.1 Å². The summed E-state index contributed by atoms with van der Waals surface area (Å²) in [5.74, 6) is -0.621. The minimum absolute atomic E-state index is 0.621. The second-order valence-electron chi connectivity index (χ2n) is 5.15. The van der Waals surface area contributed by atoms with Crippen LogP contribution in [0, 0.1) is 0 Å². The van der Waals surface area contributed by atoms with Crippen LogP contribution in [0.15, 0.2) is 60.7 Å². The minimum Gasteiger partial charge on any atom is -0.351 e. The molecule has 0 aromatic heterocycles. The number of carbonyl (C=O) groups is 2. The summed E-state index contributed by atoms with van der Waals surface area (Å²) in [5.41, 5.74) is 5.97. The average molecular weight is 317 g/mol. The van der Waals surface area contributed by atoms with Gasteiger partial charge in [0.2, 0.25) is 5.91 Å². The molecule has 2 aromatic rings. The van der Waals surface area contributed by atoms with Gasteiger partial charge in [0.15, 0.2) is 0 Å². The first-order chi connectivity index (χ1) is 10.5. The maximum absolute atomic E-state index is 12.2. The molecule has 0 heterocycles. The third kappa shape index (κ3) is 3.12. The van der Waals surface area contributed by atoms with Gasteiger partial charge in [-0.05, 0) is 18.1 Å². The molecule has 0 aliphatic rings. The van der Waals surface area contributed by atoms with Crippen LogP contribution in [0.4, 0.5) is 4.79 Å². The predicted octanol–water partition coefficient (Wildman–Crippen LogP) is 2.79. The first-order valence-corrected chi connectivity index (χ1v) is 7.25. The number of primary amides is 1. The summed E-state index contributed by atoms with van der Waals surface area (Å²) in [6.07, 6.45) is 0. The average Bonchev–Trinajstić information content (AvgIpc) is 2.54. The smallest absolute Gasteiger partial charge is 0.318 e. The van der Waals surface area contributed by atoms with Gasteiger partial charge in [-0.3, -0.25) is 10.1 Å². The Labute approximate surface area is 134 Å². The molecule has 1 unspecified atom stereocenters. The first-order valence-electron chi connectivity index (χ1n) is 6.81. The molecule has 1 atom stereocenters. The van der Waals surface area contributed by atoms with Crippen molar-refractivity contribution in [2.75, 3.05) is 0 Å². The van der Waals surface area contributed by atoms with Crippen LogP contribution >= 0.6 is 11.6 Å². The van der Waals surface area contributed by atoms with Crippen molar-refractivity contribution in [3.63, 3.8) is 0 Å². The monoisotopic (exact) mass is 316 g/mol. The number of halogens is 1. The third-order valence-electron chi connectivity index (χ3n) is 3.73. The minimum atomic E-state index is -0.996. The van der Waals surface area contributed by atoms with Crippen LogP contribution in [-0.4, -0.2) is 17.3 Å². The quantitative estimate of drug-likeness (QED) is 0.851. The molecule has 0 saturated carbocycles. The van der Waals surface area contributed by atoms with E-state index in [2.05, 4.69) is 5.32 Å². The predicted molar refractivity (Wildman–Crippen MR) is 86.7 cm³/mol. The van der Waals surface area contributed by atoms with Gasteiger partial charge >= 0.3 is 6.03 Å². The van der Waals surface area contributed by atoms with Gasteiger partial charge in [0.25, 0.3) is 0 Å². The Balaban J connectivity index is 2.51. The molecule has 0 saturated heterocycles. The Bertz CT molecular complexity index is 619. The van der Waals surface area contributed by atoms with Gasteiger partial charge in [-0.1, -0.05) is 60.7 Å². The van der Waals surface area contributed by atoms with Crippen molar-refractivity contribution >= 4 is 23.5 Å². The number of carbonyl (C=O) groups excluding carboxylic acids is 2. The highest BCUT2D eigenvalue weighted by molar-refractivity contribution is 6.33. The van der Waals surface area contributed by atoms with E-state index in [1.165, 1.54) is 0 Å². The van der Waals surface area contributed by atoms with Crippen molar-refractivity contribution in [2.24, 2.45) is 5.73 Å². The Kier molecular flexibility index (Phi) is 4.83. The van der Waals surface area contributed by atoms with Gasteiger partial charge in [-0.25, -0.2) is 4.79 Å². The van der Waals surface area contributed by atoms with Crippen molar-refractivity contribution in [1.29, 1.82) is 0 Å². The van der Waals surface area contributed by atoms with Gasteiger partial charge in [-0.15, -0.1) is 11.6 Å². The zero-order valence-corrected chi connectivity index (χ0v) is 12.9. The SMILES string of the molecule is CC(c1ccccc1)(c1ccccc1)C(Cl)C(=O)NC(N)=O. The molecule has 0 bridgehead atoms. The van der Waals surface area contributed by atoms with E-state index in [0.29, 0.717) is 0 Å². The fourth-order valence-electron chi connectivity index (χ4n) is 2.48. The molecule has 3 N–H and O–H groups in total. The highest BCUT2D eigenvalue weighted by Gasteiger charge is 2.41. The fraction of sp³-hybridized carbons (Fsp3) is 0.176. The molecule has 4 nitrogen and oxygen atoms in total. The van der Waals surface area contributed by atoms with Crippen LogP contribution in [-0.2, 0) is 10.2 Å². The molecule has 2 aromatic carbocycles. The van der Waals surface area contributed by atoms with Crippen molar-refractivity contribution in [1.82, 2.24) is 5.32 Å². The topological polar surface area (TPSA) is 72.2 Å². The first kappa shape index (κ1) is 16.0. The second-order valence-corrected chi connectivity index (χ2v) is 5.59. The molecule has 22 heavy (non-hydrogen) atoms. The zero-order valence-electron chi connectivity index (χ0n) is 12.1. The number of amides is 3. The Morgan fingerprint density at radius 1 is 1.00 bits per heavy atom. The van der Waals surface area contributed by atoms with Gasteiger partial charge < -0.3 is 5.73 Å². The lowest BCUT2D eigenvalue weighted by molar-refractivity contribution is -0.120. The van der Waals surface area contributed by atoms with Gasteiger partial charge in [0.1, 0.15) is 5.38 Å². The third-order valence-corrected chi connectivity index (χ3v) is 4.37. The van der Waals surface area contributed by atoms with Gasteiger partial charge in [-0.2, -0.15) is 0 Å². The van der Waals surface area contributed by atoms with Crippen molar-refractivity contribution in [3.05, 3.63) is 71.8 Å². The number of benzene rings is 2. The summed E-state index contributed by atoms with van der Waals surface area (Å²) in [4.78, 5) is 23.1. The van der Waals surface area contributed by atoms with E-state index in [9.17, 15) is 9.59 Å². The van der Waals surface area contributed by atoms with E-state index in [1.807, 2.05) is 67.6 Å². The Morgan fingerprint density at radius 2 is 1.41 bits per heavy atom. The lowest BCUT2D eigenvalue weighted by Gasteiger charge is -2.34. The van der Waals surface area contributed by atoms with E-state index < -0.39 is 22.7 Å². The molecule has 0 spiro atoms. The summed E-state index contributed by atoms with van der Waals surface area (Å²) in [5, 5.41) is 1.06. The number of alkyl halides is 1. The van der Waals surface area contributed by atoms with E-state index in [1.54, 1.807) is 0 Å². The number of urea groups is 1. The molecule has 5 heteroatoms. The van der Waals surface area contributed by atoms with Crippen LogP contribution in [0.5, 0.6) is 0 Å². The second kappa shape index (κ2) is 6.62. The largest absolute Gasteiger partial charge is 0.351 e. The van der Waals surface area contributed by atoms with E-state index in [-0.39, 0.29) is 0 Å². The van der Waals surface area contributed by atoms with Crippen LogP contribution in [0.2, 0.25) is 0 Å². The van der Waals surface area contributed by atoms with Crippen molar-refractivity contribution in [3.8, 4) is 0 Å². The fourth-order valence-corrected chi connectivity index (χ4v) is 2.78. The van der Waals surface area contributed by atoms with Crippen LogP contribution in [0.1, 0.15) is 18.1 Å². The molecule has 3 amide bonds. The van der Waals surface area contributed by atoms with Crippen molar-refractivity contribution in [2.45, 2.75) is 17.7 Å². The lowest BCUT2D eigenvalue weighted by Crippen LogP contribution is -2.48. The Morgan fingerprint density at radius 3 is 1.77 bits per heavy atom. The summed E-state index contributed by atoms with van der Waals surface area (Å²) < 4.78 is 0. The number of nitrogens with one attached hydrogen (secondary N) is 1. The zero-order chi connectivity index (χ0) is 16.2. The normalized spacial score (nSPS) is 12.5. The number of rotatable bonds is 4.